The summed E-state index contributed by atoms with van der Waals surface area (Å²) < 4.78 is 5.73. The zero-order valence-electron chi connectivity index (χ0n) is 14.0. The Kier molecular flexibility index (Phi) is 5.64. The summed E-state index contributed by atoms with van der Waals surface area (Å²) in [5.74, 6) is -0.629. The number of carbonyl (C=O) groups excluding carboxylic acids is 1. The summed E-state index contributed by atoms with van der Waals surface area (Å²) in [7, 11) is 0. The van der Waals surface area contributed by atoms with Crippen LogP contribution in [0.4, 0.5) is 0 Å². The van der Waals surface area contributed by atoms with Gasteiger partial charge in [0.2, 0.25) is 5.91 Å². The highest BCUT2D eigenvalue weighted by Crippen LogP contribution is 2.28. The van der Waals surface area contributed by atoms with Crippen LogP contribution >= 0.6 is 0 Å². The minimum Gasteiger partial charge on any atom is -0.493 e. The summed E-state index contributed by atoms with van der Waals surface area (Å²) >= 11 is 0. The molecule has 126 valence electrons. The van der Waals surface area contributed by atoms with E-state index in [0.29, 0.717) is 6.61 Å². The summed E-state index contributed by atoms with van der Waals surface area (Å²) in [4.78, 5) is 25.1. The number of aliphatic carboxylic acids is 1. The molecule has 0 spiro atoms. The molecular weight excluding hydrogens is 294 g/mol. The van der Waals surface area contributed by atoms with Crippen molar-refractivity contribution in [2.75, 3.05) is 13.2 Å². The van der Waals surface area contributed by atoms with Gasteiger partial charge < -0.3 is 14.7 Å². The SMILES string of the molecule is Cc1ccc(C)c(OCCC(=O)N(CC(C)C(=O)O)C2CC2)c1. The highest BCUT2D eigenvalue weighted by Gasteiger charge is 2.34. The van der Waals surface area contributed by atoms with Gasteiger partial charge in [-0.1, -0.05) is 19.1 Å². The molecule has 1 N–H and O–H groups in total. The number of nitrogens with zero attached hydrogens (tertiary/aromatic N) is 1. The fourth-order valence-electron chi connectivity index (χ4n) is 2.47. The van der Waals surface area contributed by atoms with Crippen LogP contribution in [-0.4, -0.2) is 41.1 Å². The van der Waals surface area contributed by atoms with Crippen LogP contribution in [-0.2, 0) is 9.59 Å². The van der Waals surface area contributed by atoms with Crippen molar-refractivity contribution in [2.45, 2.75) is 46.1 Å². The summed E-state index contributed by atoms with van der Waals surface area (Å²) in [6.45, 7) is 6.20. The first kappa shape index (κ1) is 17.3. The van der Waals surface area contributed by atoms with Gasteiger partial charge in [0.1, 0.15) is 5.75 Å². The van der Waals surface area contributed by atoms with Crippen LogP contribution < -0.4 is 4.74 Å². The molecule has 0 saturated heterocycles. The molecule has 1 amide bonds. The Morgan fingerprint density at radius 2 is 2.04 bits per heavy atom. The number of ether oxygens (including phenoxy) is 1. The topological polar surface area (TPSA) is 66.8 Å². The van der Waals surface area contributed by atoms with Crippen molar-refractivity contribution in [3.05, 3.63) is 29.3 Å². The van der Waals surface area contributed by atoms with Crippen LogP contribution in [0.25, 0.3) is 0 Å². The third kappa shape index (κ3) is 4.98. The Labute approximate surface area is 137 Å². The largest absolute Gasteiger partial charge is 0.493 e. The molecule has 1 aromatic rings. The molecule has 0 aromatic heterocycles. The maximum absolute atomic E-state index is 12.4. The Morgan fingerprint density at radius 1 is 1.35 bits per heavy atom. The first-order valence-corrected chi connectivity index (χ1v) is 8.11. The molecule has 5 heteroatoms. The lowest BCUT2D eigenvalue weighted by molar-refractivity contribution is -0.143. The van der Waals surface area contributed by atoms with E-state index in [9.17, 15) is 9.59 Å². The molecule has 1 aliphatic rings. The molecule has 1 aliphatic carbocycles. The van der Waals surface area contributed by atoms with E-state index >= 15 is 0 Å². The first-order valence-electron chi connectivity index (χ1n) is 8.11. The van der Waals surface area contributed by atoms with E-state index in [0.717, 1.165) is 29.7 Å². The number of rotatable bonds is 8. The van der Waals surface area contributed by atoms with Crippen LogP contribution in [0.2, 0.25) is 0 Å². The lowest BCUT2D eigenvalue weighted by Gasteiger charge is -2.24. The van der Waals surface area contributed by atoms with Gasteiger partial charge in [-0.3, -0.25) is 9.59 Å². The zero-order chi connectivity index (χ0) is 17.0. The van der Waals surface area contributed by atoms with Crippen molar-refractivity contribution in [3.8, 4) is 5.75 Å². The first-order chi connectivity index (χ1) is 10.9. The van der Waals surface area contributed by atoms with Gasteiger partial charge in [0.05, 0.1) is 18.9 Å². The van der Waals surface area contributed by atoms with Crippen molar-refractivity contribution >= 4 is 11.9 Å². The number of hydrogen-bond donors (Lipinski definition) is 1. The molecule has 2 rings (SSSR count). The molecule has 23 heavy (non-hydrogen) atoms. The number of hydrogen-bond acceptors (Lipinski definition) is 3. The fourth-order valence-corrected chi connectivity index (χ4v) is 2.47. The number of carboxylic acids is 1. The van der Waals surface area contributed by atoms with Crippen LogP contribution in [0, 0.1) is 19.8 Å². The van der Waals surface area contributed by atoms with E-state index in [1.807, 2.05) is 32.0 Å². The summed E-state index contributed by atoms with van der Waals surface area (Å²) in [5.41, 5.74) is 2.16. The quantitative estimate of drug-likeness (QED) is 0.800. The van der Waals surface area contributed by atoms with Gasteiger partial charge in [0.15, 0.2) is 0 Å². The molecule has 0 aliphatic heterocycles. The van der Waals surface area contributed by atoms with E-state index in [4.69, 9.17) is 9.84 Å². The van der Waals surface area contributed by atoms with Crippen molar-refractivity contribution in [3.63, 3.8) is 0 Å². The molecule has 0 radical (unpaired) electrons. The van der Waals surface area contributed by atoms with Gasteiger partial charge >= 0.3 is 5.97 Å². The normalized spacial score (nSPS) is 15.1. The molecule has 1 atom stereocenters. The minimum atomic E-state index is -0.866. The van der Waals surface area contributed by atoms with Crippen LogP contribution in [0.1, 0.15) is 37.3 Å². The van der Waals surface area contributed by atoms with Crippen molar-refractivity contribution < 1.29 is 19.4 Å². The molecule has 5 nitrogen and oxygen atoms in total. The molecule has 0 bridgehead atoms. The molecular formula is C18H25NO4. The predicted molar refractivity (Wildman–Crippen MR) is 87.6 cm³/mol. The molecule has 1 fully saturated rings. The second-order valence-corrected chi connectivity index (χ2v) is 6.38. The molecule has 1 aromatic carbocycles. The summed E-state index contributed by atoms with van der Waals surface area (Å²) in [6, 6.07) is 6.20. The Bertz CT molecular complexity index is 580. The van der Waals surface area contributed by atoms with E-state index in [-0.39, 0.29) is 24.9 Å². The average molecular weight is 319 g/mol. The van der Waals surface area contributed by atoms with Gasteiger partial charge in [0, 0.05) is 12.6 Å². The molecule has 1 saturated carbocycles. The molecule has 1 unspecified atom stereocenters. The second-order valence-electron chi connectivity index (χ2n) is 6.38. The lowest BCUT2D eigenvalue weighted by atomic mass is 10.1. The van der Waals surface area contributed by atoms with Gasteiger partial charge in [-0.2, -0.15) is 0 Å². The van der Waals surface area contributed by atoms with Crippen LogP contribution in [0.15, 0.2) is 18.2 Å². The third-order valence-corrected chi connectivity index (χ3v) is 4.12. The van der Waals surface area contributed by atoms with Crippen LogP contribution in [0.3, 0.4) is 0 Å². The minimum absolute atomic E-state index is 0.0223. The predicted octanol–water partition coefficient (Wildman–Crippen LogP) is 2.78. The monoisotopic (exact) mass is 319 g/mol. The van der Waals surface area contributed by atoms with Crippen molar-refractivity contribution in [1.82, 2.24) is 4.90 Å². The van der Waals surface area contributed by atoms with Crippen molar-refractivity contribution in [1.29, 1.82) is 0 Å². The van der Waals surface area contributed by atoms with Crippen molar-refractivity contribution in [2.24, 2.45) is 5.92 Å². The zero-order valence-corrected chi connectivity index (χ0v) is 14.0. The lowest BCUT2D eigenvalue weighted by Crippen LogP contribution is -2.39. The smallest absolute Gasteiger partial charge is 0.308 e. The van der Waals surface area contributed by atoms with E-state index in [1.54, 1.807) is 11.8 Å². The standard InChI is InChI=1S/C18H25NO4/c1-12-4-5-13(2)16(10-12)23-9-8-17(20)19(15-6-7-15)11-14(3)18(21)22/h4-5,10,14-15H,6-9,11H2,1-3H3,(H,21,22). The molecule has 0 heterocycles. The highest BCUT2D eigenvalue weighted by atomic mass is 16.5. The van der Waals surface area contributed by atoms with Gasteiger partial charge in [-0.15, -0.1) is 0 Å². The van der Waals surface area contributed by atoms with Gasteiger partial charge in [0.25, 0.3) is 0 Å². The number of aryl methyl sites for hydroxylation is 2. The van der Waals surface area contributed by atoms with E-state index in [1.165, 1.54) is 0 Å². The Morgan fingerprint density at radius 3 is 2.65 bits per heavy atom. The van der Waals surface area contributed by atoms with E-state index < -0.39 is 11.9 Å². The third-order valence-electron chi connectivity index (χ3n) is 4.12. The number of amides is 1. The maximum atomic E-state index is 12.4. The Hall–Kier alpha value is -2.04. The summed E-state index contributed by atoms with van der Waals surface area (Å²) in [6.07, 6.45) is 2.21. The Balaban J connectivity index is 1.87. The number of carboxylic acid groups (broad SMARTS) is 1. The van der Waals surface area contributed by atoms with Gasteiger partial charge in [-0.05, 0) is 43.9 Å². The number of benzene rings is 1. The van der Waals surface area contributed by atoms with E-state index in [2.05, 4.69) is 0 Å². The second kappa shape index (κ2) is 7.49. The maximum Gasteiger partial charge on any atom is 0.308 e. The average Bonchev–Trinajstić information content (AvgIpc) is 3.32. The van der Waals surface area contributed by atoms with Gasteiger partial charge in [-0.25, -0.2) is 0 Å². The number of carbonyl (C=O) groups is 2. The van der Waals surface area contributed by atoms with Crippen LogP contribution in [0.5, 0.6) is 5.75 Å². The fraction of sp³-hybridized carbons (Fsp3) is 0.556. The summed E-state index contributed by atoms with van der Waals surface area (Å²) in [5, 5.41) is 9.03. The highest BCUT2D eigenvalue weighted by molar-refractivity contribution is 5.78.